The van der Waals surface area contributed by atoms with Crippen LogP contribution in [0, 0.1) is 11.2 Å². The van der Waals surface area contributed by atoms with Gasteiger partial charge in [0.1, 0.15) is 5.82 Å². The SMILES string of the molecule is COCC1(CNS(=O)(=O)c2ccc(F)cc2)CCNCC1.Cl. The molecule has 2 rings (SSSR count). The van der Waals surface area contributed by atoms with Gasteiger partial charge in [0.15, 0.2) is 0 Å². The van der Waals surface area contributed by atoms with Crippen molar-refractivity contribution in [3.63, 3.8) is 0 Å². The third-order valence-corrected chi connectivity index (χ3v) is 5.29. The molecule has 0 aromatic heterocycles. The van der Waals surface area contributed by atoms with Gasteiger partial charge < -0.3 is 10.1 Å². The van der Waals surface area contributed by atoms with E-state index in [1.54, 1.807) is 7.11 Å². The number of hydrogen-bond acceptors (Lipinski definition) is 4. The third kappa shape index (κ3) is 4.89. The highest BCUT2D eigenvalue weighted by Gasteiger charge is 2.33. The highest BCUT2D eigenvalue weighted by molar-refractivity contribution is 7.89. The average Bonchev–Trinajstić information content (AvgIpc) is 2.47. The molecule has 0 aliphatic carbocycles. The first-order valence-electron chi connectivity index (χ1n) is 6.92. The van der Waals surface area contributed by atoms with Gasteiger partial charge in [0, 0.05) is 19.1 Å². The molecule has 0 saturated carbocycles. The molecule has 1 fully saturated rings. The van der Waals surface area contributed by atoms with Crippen LogP contribution in [0.3, 0.4) is 0 Å². The van der Waals surface area contributed by atoms with Crippen molar-refractivity contribution in [2.45, 2.75) is 17.7 Å². The second-order valence-electron chi connectivity index (χ2n) is 5.46. The summed E-state index contributed by atoms with van der Waals surface area (Å²) in [5.74, 6) is -0.455. The van der Waals surface area contributed by atoms with Crippen LogP contribution < -0.4 is 10.0 Å². The molecule has 22 heavy (non-hydrogen) atoms. The van der Waals surface area contributed by atoms with E-state index in [2.05, 4.69) is 10.0 Å². The van der Waals surface area contributed by atoms with Crippen molar-refractivity contribution >= 4 is 22.4 Å². The first-order chi connectivity index (χ1) is 9.97. The van der Waals surface area contributed by atoms with Crippen molar-refractivity contribution < 1.29 is 17.5 Å². The molecule has 0 bridgehead atoms. The van der Waals surface area contributed by atoms with Gasteiger partial charge in [0.25, 0.3) is 0 Å². The maximum Gasteiger partial charge on any atom is 0.240 e. The first-order valence-corrected chi connectivity index (χ1v) is 8.41. The van der Waals surface area contributed by atoms with Gasteiger partial charge in [0.05, 0.1) is 11.5 Å². The van der Waals surface area contributed by atoms with E-state index in [1.165, 1.54) is 12.1 Å². The van der Waals surface area contributed by atoms with E-state index in [0.717, 1.165) is 38.1 Å². The Kier molecular flexibility index (Phi) is 7.21. The van der Waals surface area contributed by atoms with Crippen LogP contribution >= 0.6 is 12.4 Å². The number of ether oxygens (including phenoxy) is 1. The van der Waals surface area contributed by atoms with Gasteiger partial charge in [-0.05, 0) is 50.2 Å². The number of sulfonamides is 1. The molecule has 0 radical (unpaired) electrons. The minimum Gasteiger partial charge on any atom is -0.384 e. The second kappa shape index (κ2) is 8.21. The smallest absolute Gasteiger partial charge is 0.240 e. The molecule has 5 nitrogen and oxygen atoms in total. The van der Waals surface area contributed by atoms with Crippen LogP contribution in [0.1, 0.15) is 12.8 Å². The fourth-order valence-electron chi connectivity index (χ4n) is 2.58. The largest absolute Gasteiger partial charge is 0.384 e. The number of hydrogen-bond donors (Lipinski definition) is 2. The Labute approximate surface area is 137 Å². The number of methoxy groups -OCH3 is 1. The average molecular weight is 353 g/mol. The number of piperidine rings is 1. The monoisotopic (exact) mass is 352 g/mol. The van der Waals surface area contributed by atoms with Crippen LogP contribution in [-0.2, 0) is 14.8 Å². The van der Waals surface area contributed by atoms with Gasteiger partial charge in [-0.15, -0.1) is 12.4 Å². The van der Waals surface area contributed by atoms with Crippen molar-refractivity contribution in [3.05, 3.63) is 30.1 Å². The predicted octanol–water partition coefficient (Wildman–Crippen LogP) is 1.54. The molecule has 1 aromatic rings. The van der Waals surface area contributed by atoms with Crippen molar-refractivity contribution in [2.24, 2.45) is 5.41 Å². The lowest BCUT2D eigenvalue weighted by Crippen LogP contribution is -2.47. The zero-order valence-electron chi connectivity index (χ0n) is 12.5. The van der Waals surface area contributed by atoms with Gasteiger partial charge in [-0.3, -0.25) is 0 Å². The van der Waals surface area contributed by atoms with Crippen LogP contribution in [0.4, 0.5) is 4.39 Å². The molecular formula is C14H22ClFN2O3S. The summed E-state index contributed by atoms with van der Waals surface area (Å²) < 4.78 is 45.3. The van der Waals surface area contributed by atoms with Crippen molar-refractivity contribution in [1.29, 1.82) is 0 Å². The molecular weight excluding hydrogens is 331 g/mol. The summed E-state index contributed by atoms with van der Waals surface area (Å²) in [5.41, 5.74) is -0.187. The van der Waals surface area contributed by atoms with Gasteiger partial charge in [-0.25, -0.2) is 17.5 Å². The predicted molar refractivity (Wildman–Crippen MR) is 85.2 cm³/mol. The van der Waals surface area contributed by atoms with Crippen molar-refractivity contribution in [3.8, 4) is 0 Å². The number of nitrogens with one attached hydrogen (secondary N) is 2. The van der Waals surface area contributed by atoms with E-state index in [1.807, 2.05) is 0 Å². The zero-order chi connectivity index (χ0) is 15.3. The van der Waals surface area contributed by atoms with E-state index < -0.39 is 15.8 Å². The molecule has 1 saturated heterocycles. The van der Waals surface area contributed by atoms with E-state index in [9.17, 15) is 12.8 Å². The van der Waals surface area contributed by atoms with E-state index in [0.29, 0.717) is 13.2 Å². The normalized spacial score (nSPS) is 17.7. The summed E-state index contributed by atoms with van der Waals surface area (Å²) in [7, 11) is -2.00. The lowest BCUT2D eigenvalue weighted by Gasteiger charge is -2.37. The van der Waals surface area contributed by atoms with Gasteiger partial charge in [-0.1, -0.05) is 0 Å². The Morgan fingerprint density at radius 1 is 1.27 bits per heavy atom. The standard InChI is InChI=1S/C14H21FN2O3S.ClH/c1-20-11-14(6-8-16-9-7-14)10-17-21(18,19)13-4-2-12(15)3-5-13;/h2-5,16-17H,6-11H2,1H3;1H. The molecule has 126 valence electrons. The molecule has 2 N–H and O–H groups in total. The molecule has 8 heteroatoms. The number of benzene rings is 1. The van der Waals surface area contributed by atoms with Crippen LogP contribution in [-0.4, -0.2) is 41.8 Å². The number of rotatable bonds is 6. The first kappa shape index (κ1) is 19.3. The quantitative estimate of drug-likeness (QED) is 0.815. The maximum absolute atomic E-state index is 12.9. The third-order valence-electron chi connectivity index (χ3n) is 3.88. The van der Waals surface area contributed by atoms with Gasteiger partial charge >= 0.3 is 0 Å². The topological polar surface area (TPSA) is 67.4 Å². The molecule has 1 aliphatic rings. The highest BCUT2D eigenvalue weighted by Crippen LogP contribution is 2.28. The van der Waals surface area contributed by atoms with E-state index in [4.69, 9.17) is 4.74 Å². The Bertz CT molecular complexity index is 554. The zero-order valence-corrected chi connectivity index (χ0v) is 14.1. The van der Waals surface area contributed by atoms with Gasteiger partial charge in [0.2, 0.25) is 10.0 Å². The minimum absolute atomic E-state index is 0. The maximum atomic E-state index is 12.9. The second-order valence-corrected chi connectivity index (χ2v) is 7.23. The summed E-state index contributed by atoms with van der Waals surface area (Å²) in [6.07, 6.45) is 1.71. The summed E-state index contributed by atoms with van der Waals surface area (Å²) in [6, 6.07) is 4.82. The Morgan fingerprint density at radius 2 is 1.86 bits per heavy atom. The Balaban J connectivity index is 0.00000242. The van der Waals surface area contributed by atoms with Gasteiger partial charge in [-0.2, -0.15) is 0 Å². The molecule has 0 atom stereocenters. The van der Waals surface area contributed by atoms with Crippen molar-refractivity contribution in [2.75, 3.05) is 33.4 Å². The summed E-state index contributed by atoms with van der Waals surface area (Å²) in [5, 5.41) is 3.26. The lowest BCUT2D eigenvalue weighted by molar-refractivity contribution is 0.0577. The summed E-state index contributed by atoms with van der Waals surface area (Å²) in [4.78, 5) is 0.0744. The molecule has 0 spiro atoms. The van der Waals surface area contributed by atoms with Crippen LogP contribution in [0.2, 0.25) is 0 Å². The van der Waals surface area contributed by atoms with E-state index >= 15 is 0 Å². The number of halogens is 2. The fraction of sp³-hybridized carbons (Fsp3) is 0.571. The van der Waals surface area contributed by atoms with Crippen LogP contribution in [0.25, 0.3) is 0 Å². The fourth-order valence-corrected chi connectivity index (χ4v) is 3.74. The Morgan fingerprint density at radius 3 is 2.41 bits per heavy atom. The van der Waals surface area contributed by atoms with Crippen molar-refractivity contribution in [1.82, 2.24) is 10.0 Å². The van der Waals surface area contributed by atoms with Crippen LogP contribution in [0.15, 0.2) is 29.2 Å². The summed E-state index contributed by atoms with van der Waals surface area (Å²) >= 11 is 0. The lowest BCUT2D eigenvalue weighted by atomic mass is 9.80. The Hall–Kier alpha value is -0.730. The molecule has 1 aromatic carbocycles. The highest BCUT2D eigenvalue weighted by atomic mass is 35.5. The molecule has 1 heterocycles. The molecule has 0 amide bonds. The van der Waals surface area contributed by atoms with Crippen LogP contribution in [0.5, 0.6) is 0 Å². The summed E-state index contributed by atoms with van der Waals surface area (Å²) in [6.45, 7) is 2.53. The molecule has 0 unspecified atom stereocenters. The minimum atomic E-state index is -3.63. The molecule has 1 aliphatic heterocycles. The van der Waals surface area contributed by atoms with E-state index in [-0.39, 0.29) is 22.7 Å².